The topological polar surface area (TPSA) is 45.0 Å². The van der Waals surface area contributed by atoms with Crippen LogP contribution in [0.15, 0.2) is 51.6 Å². The fourth-order valence-electron chi connectivity index (χ4n) is 3.91. The number of carbonyl (C=O) groups is 1. The highest BCUT2D eigenvalue weighted by Crippen LogP contribution is 2.58. The second-order valence-electron chi connectivity index (χ2n) is 8.72. The Balaban J connectivity index is 2.00. The molecule has 0 spiro atoms. The fraction of sp³-hybridized carbons (Fsp3) is 0.333. The maximum Gasteiger partial charge on any atom is 0.239 e. The van der Waals surface area contributed by atoms with Crippen molar-refractivity contribution in [3.8, 4) is 11.8 Å². The number of aliphatic imine (C=N–C) groups is 2. The van der Waals surface area contributed by atoms with Crippen LogP contribution in [0.25, 0.3) is 5.57 Å². The van der Waals surface area contributed by atoms with Gasteiger partial charge in [-0.25, -0.2) is 0 Å². The van der Waals surface area contributed by atoms with Crippen LogP contribution in [0.2, 0.25) is 0 Å². The summed E-state index contributed by atoms with van der Waals surface area (Å²) in [5.74, 6) is 7.13. The average Bonchev–Trinajstić information content (AvgIpc) is 3.51. The van der Waals surface area contributed by atoms with Crippen LogP contribution in [0.5, 0.6) is 0 Å². The minimum Gasteiger partial charge on any atom is -0.377 e. The van der Waals surface area contributed by atoms with Gasteiger partial charge in [0, 0.05) is 45.1 Å². The second kappa shape index (κ2) is 8.89. The van der Waals surface area contributed by atoms with Crippen molar-refractivity contribution in [2.24, 2.45) is 15.4 Å². The van der Waals surface area contributed by atoms with Crippen LogP contribution in [-0.2, 0) is 11.2 Å². The zero-order valence-corrected chi connectivity index (χ0v) is 19.5. The molecular formula is C27H30N3O. The normalized spacial score (nSPS) is 17.7. The Morgan fingerprint density at radius 2 is 2.00 bits per heavy atom. The molecule has 0 saturated heterocycles. The van der Waals surface area contributed by atoms with Crippen molar-refractivity contribution in [2.45, 2.75) is 34.1 Å². The van der Waals surface area contributed by atoms with E-state index in [9.17, 15) is 4.79 Å². The monoisotopic (exact) mass is 412 g/mol. The number of fused-ring (bicyclic) bond motifs is 3. The Morgan fingerprint density at radius 3 is 2.65 bits per heavy atom. The summed E-state index contributed by atoms with van der Waals surface area (Å²) in [6, 6.07) is 4.35. The van der Waals surface area contributed by atoms with Gasteiger partial charge < -0.3 is 4.90 Å². The molecule has 3 rings (SSSR count). The Hall–Kier alpha value is -3.19. The molecule has 0 heterocycles. The van der Waals surface area contributed by atoms with E-state index in [2.05, 4.69) is 53.9 Å². The third kappa shape index (κ3) is 4.77. The van der Waals surface area contributed by atoms with Gasteiger partial charge in [0.2, 0.25) is 5.78 Å². The highest BCUT2D eigenvalue weighted by atomic mass is 16.1. The van der Waals surface area contributed by atoms with Crippen LogP contribution >= 0.6 is 0 Å². The molecule has 0 fully saturated rings. The fourth-order valence-corrected chi connectivity index (χ4v) is 3.91. The van der Waals surface area contributed by atoms with Crippen molar-refractivity contribution >= 4 is 29.5 Å². The van der Waals surface area contributed by atoms with Crippen molar-refractivity contribution in [3.63, 3.8) is 0 Å². The molecule has 159 valence electrons. The van der Waals surface area contributed by atoms with Gasteiger partial charge in [0.25, 0.3) is 0 Å². The molecule has 1 aromatic rings. The van der Waals surface area contributed by atoms with Gasteiger partial charge in [-0.1, -0.05) is 31.9 Å². The zero-order valence-electron chi connectivity index (χ0n) is 19.5. The predicted octanol–water partition coefficient (Wildman–Crippen LogP) is 4.85. The lowest BCUT2D eigenvalue weighted by atomic mass is 9.72. The number of hydrogen-bond acceptors (Lipinski definition) is 4. The molecule has 4 heteroatoms. The van der Waals surface area contributed by atoms with Crippen molar-refractivity contribution in [3.05, 3.63) is 64.2 Å². The number of hydrogen-bond donors (Lipinski definition) is 0. The first-order valence-corrected chi connectivity index (χ1v) is 10.5. The van der Waals surface area contributed by atoms with Gasteiger partial charge in [-0.05, 0) is 66.5 Å². The first kappa shape index (κ1) is 22.5. The lowest BCUT2D eigenvalue weighted by molar-refractivity contribution is -0.110. The molecule has 0 atom stereocenters. The molecule has 0 aromatic heterocycles. The number of ketones is 1. The summed E-state index contributed by atoms with van der Waals surface area (Å²) >= 11 is 0. The Kier molecular flexibility index (Phi) is 6.45. The number of carbonyl (C=O) groups excluding carboxylic acids is 1. The highest BCUT2D eigenvalue weighted by Gasteiger charge is 2.45. The lowest BCUT2D eigenvalue weighted by Gasteiger charge is -2.32. The summed E-state index contributed by atoms with van der Waals surface area (Å²) < 4.78 is 0. The van der Waals surface area contributed by atoms with E-state index < -0.39 is 0 Å². The van der Waals surface area contributed by atoms with Crippen LogP contribution in [-0.4, -0.2) is 39.4 Å². The second-order valence-corrected chi connectivity index (χ2v) is 8.72. The first-order valence-electron chi connectivity index (χ1n) is 10.5. The molecule has 0 amide bonds. The average molecular weight is 413 g/mol. The number of allylic oxidation sites excluding steroid dienone is 6. The lowest BCUT2D eigenvalue weighted by Crippen LogP contribution is -2.23. The minimum absolute atomic E-state index is 0.151. The van der Waals surface area contributed by atoms with E-state index in [1.54, 1.807) is 20.2 Å². The number of nitrogens with zero attached hydrogens (tertiary/aromatic N) is 3. The Morgan fingerprint density at radius 1 is 1.26 bits per heavy atom. The minimum atomic E-state index is -0.288. The van der Waals surface area contributed by atoms with E-state index in [-0.39, 0.29) is 11.2 Å². The summed E-state index contributed by atoms with van der Waals surface area (Å²) in [5, 5.41) is 0. The predicted molar refractivity (Wildman–Crippen MR) is 132 cm³/mol. The van der Waals surface area contributed by atoms with Crippen LogP contribution in [0.1, 0.15) is 44.4 Å². The van der Waals surface area contributed by atoms with Gasteiger partial charge in [-0.2, -0.15) is 0 Å². The van der Waals surface area contributed by atoms with E-state index in [0.717, 1.165) is 17.7 Å². The number of anilines is 1. The largest absolute Gasteiger partial charge is 0.377 e. The Bertz CT molecular complexity index is 1120. The summed E-state index contributed by atoms with van der Waals surface area (Å²) in [4.78, 5) is 23.2. The molecule has 2 aliphatic carbocycles. The van der Waals surface area contributed by atoms with E-state index in [1.165, 1.54) is 28.8 Å². The van der Waals surface area contributed by atoms with Gasteiger partial charge >= 0.3 is 0 Å². The Labute approximate surface area is 186 Å². The van der Waals surface area contributed by atoms with Gasteiger partial charge in [0.1, 0.15) is 0 Å². The molecule has 31 heavy (non-hydrogen) atoms. The zero-order chi connectivity index (χ0) is 22.8. The molecule has 2 aliphatic rings. The summed E-state index contributed by atoms with van der Waals surface area (Å²) in [6.45, 7) is 8.26. The maximum absolute atomic E-state index is 12.9. The molecule has 0 bridgehead atoms. The smallest absolute Gasteiger partial charge is 0.239 e. The number of benzene rings is 1. The van der Waals surface area contributed by atoms with Crippen LogP contribution in [0.4, 0.5) is 5.69 Å². The molecular weight excluding hydrogens is 382 g/mol. The molecule has 1 aromatic carbocycles. The molecule has 1 radical (unpaired) electrons. The van der Waals surface area contributed by atoms with E-state index in [0.29, 0.717) is 11.3 Å². The summed E-state index contributed by atoms with van der Waals surface area (Å²) in [6.07, 6.45) is 10.1. The highest BCUT2D eigenvalue weighted by molar-refractivity contribution is 6.22. The number of Topliss-reactive ketones (excluding diaryl/α,β-unsaturated/α-hetero) is 1. The van der Waals surface area contributed by atoms with E-state index in [4.69, 9.17) is 0 Å². The van der Waals surface area contributed by atoms with Crippen molar-refractivity contribution in [2.75, 3.05) is 26.0 Å². The molecule has 0 aliphatic heterocycles. The van der Waals surface area contributed by atoms with E-state index >= 15 is 0 Å². The van der Waals surface area contributed by atoms with Crippen LogP contribution < -0.4 is 4.90 Å². The van der Waals surface area contributed by atoms with Gasteiger partial charge in [0.15, 0.2) is 0 Å². The summed E-state index contributed by atoms with van der Waals surface area (Å²) in [5.41, 5.74) is 6.97. The SMILES string of the molecule is C\C=C/C=N\C(C)=C(\C=NC)C(=O)C#Cc1cc2c(cc1N(C)C)C1=C[C]1C(C)(C)C2. The third-order valence-corrected chi connectivity index (χ3v) is 5.60. The molecule has 0 N–H and O–H groups in total. The van der Waals surface area contributed by atoms with Gasteiger partial charge in [0.05, 0.1) is 17.0 Å². The van der Waals surface area contributed by atoms with E-state index in [1.807, 2.05) is 38.1 Å². The van der Waals surface area contributed by atoms with Crippen molar-refractivity contribution in [1.82, 2.24) is 0 Å². The van der Waals surface area contributed by atoms with Crippen molar-refractivity contribution < 1.29 is 4.79 Å². The van der Waals surface area contributed by atoms with Crippen LogP contribution in [0.3, 0.4) is 0 Å². The van der Waals surface area contributed by atoms with Crippen molar-refractivity contribution in [1.29, 1.82) is 0 Å². The number of rotatable bonds is 5. The standard InChI is InChI=1S/C27H30N3O/c1-8-9-12-29-18(2)23(17-28-5)26(31)11-10-19-13-20-16-27(3,4)24-14-22(24)21(20)15-25(19)30(6)7/h8-9,12-15,17H,16H2,1-7H3/b9-8-,23-18-,28-17?,29-12-. The third-order valence-electron chi connectivity index (χ3n) is 5.60. The molecule has 0 saturated carbocycles. The summed E-state index contributed by atoms with van der Waals surface area (Å²) in [7, 11) is 5.64. The molecule has 4 nitrogen and oxygen atoms in total. The van der Waals surface area contributed by atoms with Gasteiger partial charge in [-0.15, -0.1) is 0 Å². The van der Waals surface area contributed by atoms with Crippen LogP contribution in [0, 0.1) is 23.2 Å². The van der Waals surface area contributed by atoms with Gasteiger partial charge in [-0.3, -0.25) is 14.8 Å². The molecule has 0 unspecified atom stereocenters. The maximum atomic E-state index is 12.9. The quantitative estimate of drug-likeness (QED) is 0.394. The first-order chi connectivity index (χ1) is 14.7.